The van der Waals surface area contributed by atoms with Crippen molar-refractivity contribution in [1.82, 2.24) is 0 Å². The minimum atomic E-state index is 0.513. The molecule has 2 bridgehead atoms. The van der Waals surface area contributed by atoms with Gasteiger partial charge in [-0.3, -0.25) is 0 Å². The van der Waals surface area contributed by atoms with E-state index in [0.29, 0.717) is 6.10 Å². The van der Waals surface area contributed by atoms with Crippen LogP contribution in [0.4, 0.5) is 0 Å². The van der Waals surface area contributed by atoms with E-state index in [1.165, 1.54) is 25.7 Å². The summed E-state index contributed by atoms with van der Waals surface area (Å²) in [7, 11) is 1.84. The largest absolute Gasteiger partial charge is 0.381 e. The van der Waals surface area contributed by atoms with Gasteiger partial charge in [0.15, 0.2) is 0 Å². The number of rotatable bonds is 1. The molecule has 0 heterocycles. The first-order chi connectivity index (χ1) is 5.40. The van der Waals surface area contributed by atoms with E-state index in [9.17, 15) is 0 Å². The predicted molar refractivity (Wildman–Crippen MR) is 45.4 cm³/mol. The van der Waals surface area contributed by atoms with Crippen LogP contribution in [0.2, 0.25) is 0 Å². The van der Waals surface area contributed by atoms with Gasteiger partial charge in [0.1, 0.15) is 0 Å². The van der Waals surface area contributed by atoms with Crippen LogP contribution in [0.3, 0.4) is 0 Å². The molecule has 1 fully saturated rings. The Morgan fingerprint density at radius 2 is 1.91 bits per heavy atom. The fourth-order valence-corrected chi connectivity index (χ4v) is 2.33. The highest BCUT2D eigenvalue weighted by Gasteiger charge is 2.27. The van der Waals surface area contributed by atoms with E-state index >= 15 is 0 Å². The molecule has 11 heavy (non-hydrogen) atoms. The molecule has 1 nitrogen and oxygen atoms in total. The molecular formula is C10H16O. The van der Waals surface area contributed by atoms with Crippen molar-refractivity contribution in [2.75, 3.05) is 7.11 Å². The fourth-order valence-electron chi connectivity index (χ4n) is 2.33. The highest BCUT2D eigenvalue weighted by atomic mass is 16.5. The summed E-state index contributed by atoms with van der Waals surface area (Å²) in [6.07, 6.45) is 10.6. The van der Waals surface area contributed by atoms with E-state index in [-0.39, 0.29) is 0 Å². The van der Waals surface area contributed by atoms with Crippen molar-refractivity contribution >= 4 is 0 Å². The Bertz CT molecular complexity index is 162. The lowest BCUT2D eigenvalue weighted by Gasteiger charge is -2.21. The summed E-state index contributed by atoms with van der Waals surface area (Å²) in [5, 5.41) is 0. The van der Waals surface area contributed by atoms with Gasteiger partial charge in [0.25, 0.3) is 0 Å². The van der Waals surface area contributed by atoms with Gasteiger partial charge in [0.05, 0.1) is 6.10 Å². The van der Waals surface area contributed by atoms with Crippen LogP contribution in [0.15, 0.2) is 12.2 Å². The van der Waals surface area contributed by atoms with Gasteiger partial charge in [-0.1, -0.05) is 12.2 Å². The second-order valence-corrected chi connectivity index (χ2v) is 3.74. The molecule has 0 aromatic rings. The Labute approximate surface area is 68.4 Å². The third-order valence-electron chi connectivity index (χ3n) is 3.10. The molecule has 0 amide bonds. The van der Waals surface area contributed by atoms with Gasteiger partial charge in [-0.2, -0.15) is 0 Å². The Hall–Kier alpha value is -0.300. The summed E-state index contributed by atoms with van der Waals surface area (Å²) < 4.78 is 5.45. The lowest BCUT2D eigenvalue weighted by molar-refractivity contribution is 0.0642. The summed E-state index contributed by atoms with van der Waals surface area (Å²) in [5.41, 5.74) is 0. The van der Waals surface area contributed by atoms with Crippen molar-refractivity contribution in [3.05, 3.63) is 12.2 Å². The number of allylic oxidation sites excluding steroid dienone is 1. The minimum absolute atomic E-state index is 0.513. The van der Waals surface area contributed by atoms with Crippen LogP contribution in [0.5, 0.6) is 0 Å². The number of methoxy groups -OCH3 is 1. The maximum atomic E-state index is 5.45. The fraction of sp³-hybridized carbons (Fsp3) is 0.800. The van der Waals surface area contributed by atoms with Crippen molar-refractivity contribution < 1.29 is 4.74 Å². The van der Waals surface area contributed by atoms with Crippen LogP contribution >= 0.6 is 0 Å². The number of fused-ring (bicyclic) bond motifs is 3. The zero-order valence-electron chi connectivity index (χ0n) is 7.12. The standard InChI is InChI=1S/C10H16O/c1-11-10-7-4-8-2-5-9(10)6-3-8/h2,5,8-10H,3-4,6-7H2,1H3/t8-,9+,10+/m1/s1. The average Bonchev–Trinajstić information content (AvgIpc) is 2.36. The summed E-state index contributed by atoms with van der Waals surface area (Å²) in [4.78, 5) is 0. The van der Waals surface area contributed by atoms with E-state index in [2.05, 4.69) is 12.2 Å². The quantitative estimate of drug-likeness (QED) is 0.524. The molecule has 62 valence electrons. The van der Waals surface area contributed by atoms with Gasteiger partial charge in [-0.25, -0.2) is 0 Å². The smallest absolute Gasteiger partial charge is 0.0634 e. The summed E-state index contributed by atoms with van der Waals surface area (Å²) in [6.45, 7) is 0. The number of ether oxygens (including phenoxy) is 1. The molecule has 0 radical (unpaired) electrons. The molecular weight excluding hydrogens is 136 g/mol. The Balaban J connectivity index is 2.11. The van der Waals surface area contributed by atoms with Gasteiger partial charge < -0.3 is 4.74 Å². The monoisotopic (exact) mass is 152 g/mol. The van der Waals surface area contributed by atoms with Gasteiger partial charge in [0, 0.05) is 13.0 Å². The van der Waals surface area contributed by atoms with Gasteiger partial charge in [0.2, 0.25) is 0 Å². The van der Waals surface area contributed by atoms with Gasteiger partial charge in [-0.05, 0) is 31.6 Å². The maximum absolute atomic E-state index is 5.45. The van der Waals surface area contributed by atoms with Crippen LogP contribution < -0.4 is 0 Å². The van der Waals surface area contributed by atoms with Crippen LogP contribution in [0.1, 0.15) is 25.7 Å². The number of hydrogen-bond acceptors (Lipinski definition) is 1. The second-order valence-electron chi connectivity index (χ2n) is 3.74. The number of hydrogen-bond donors (Lipinski definition) is 0. The molecule has 0 aromatic heterocycles. The topological polar surface area (TPSA) is 9.23 Å². The first-order valence-corrected chi connectivity index (χ1v) is 4.61. The molecule has 0 N–H and O–H groups in total. The van der Waals surface area contributed by atoms with E-state index in [1.54, 1.807) is 0 Å². The van der Waals surface area contributed by atoms with E-state index in [4.69, 9.17) is 4.74 Å². The zero-order valence-corrected chi connectivity index (χ0v) is 7.12. The molecule has 0 saturated heterocycles. The van der Waals surface area contributed by atoms with E-state index in [0.717, 1.165) is 11.8 Å². The predicted octanol–water partition coefficient (Wildman–Crippen LogP) is 2.38. The van der Waals surface area contributed by atoms with Crippen LogP contribution in [-0.4, -0.2) is 13.2 Å². The SMILES string of the molecule is CO[C@H]1CC[C@@H]2C=C[C@H]1CC2. The van der Waals surface area contributed by atoms with E-state index in [1.807, 2.05) is 7.11 Å². The zero-order chi connectivity index (χ0) is 7.68. The molecule has 0 spiro atoms. The van der Waals surface area contributed by atoms with Crippen molar-refractivity contribution in [3.63, 3.8) is 0 Å². The second kappa shape index (κ2) is 2.98. The average molecular weight is 152 g/mol. The lowest BCUT2D eigenvalue weighted by Crippen LogP contribution is -2.19. The third-order valence-corrected chi connectivity index (χ3v) is 3.10. The summed E-state index contributed by atoms with van der Waals surface area (Å²) in [5.74, 6) is 1.59. The molecule has 0 unspecified atom stereocenters. The highest BCUT2D eigenvalue weighted by Crippen LogP contribution is 2.35. The maximum Gasteiger partial charge on any atom is 0.0634 e. The molecule has 1 saturated carbocycles. The Kier molecular flexibility index (Phi) is 1.99. The van der Waals surface area contributed by atoms with Crippen molar-refractivity contribution in [1.29, 1.82) is 0 Å². The third kappa shape index (κ3) is 1.34. The normalized spacial score (nSPS) is 42.5. The van der Waals surface area contributed by atoms with E-state index < -0.39 is 0 Å². The molecule has 0 aliphatic heterocycles. The first kappa shape index (κ1) is 7.35. The van der Waals surface area contributed by atoms with Crippen LogP contribution in [0.25, 0.3) is 0 Å². The molecule has 1 heteroatoms. The molecule has 3 aliphatic rings. The molecule has 3 aliphatic carbocycles. The summed E-state index contributed by atoms with van der Waals surface area (Å²) >= 11 is 0. The molecule has 3 rings (SSSR count). The Morgan fingerprint density at radius 3 is 2.55 bits per heavy atom. The van der Waals surface area contributed by atoms with Crippen molar-refractivity contribution in [2.45, 2.75) is 31.8 Å². The molecule has 0 aromatic carbocycles. The first-order valence-electron chi connectivity index (χ1n) is 4.61. The van der Waals surface area contributed by atoms with Crippen LogP contribution in [-0.2, 0) is 4.74 Å². The highest BCUT2D eigenvalue weighted by molar-refractivity contribution is 5.03. The molecule has 3 atom stereocenters. The summed E-state index contributed by atoms with van der Waals surface area (Å²) in [6, 6.07) is 0. The van der Waals surface area contributed by atoms with Crippen LogP contribution in [0, 0.1) is 11.8 Å². The van der Waals surface area contributed by atoms with Gasteiger partial charge in [-0.15, -0.1) is 0 Å². The van der Waals surface area contributed by atoms with Crippen molar-refractivity contribution in [3.8, 4) is 0 Å². The lowest BCUT2D eigenvalue weighted by atomic mass is 9.90. The van der Waals surface area contributed by atoms with Crippen molar-refractivity contribution in [2.24, 2.45) is 11.8 Å². The Morgan fingerprint density at radius 1 is 1.09 bits per heavy atom. The van der Waals surface area contributed by atoms with Gasteiger partial charge >= 0.3 is 0 Å². The minimum Gasteiger partial charge on any atom is -0.381 e.